The highest BCUT2D eigenvalue weighted by atomic mass is 19.1. The summed E-state index contributed by atoms with van der Waals surface area (Å²) in [6, 6.07) is 4.80. The van der Waals surface area contributed by atoms with E-state index in [4.69, 9.17) is 10.3 Å². The van der Waals surface area contributed by atoms with Gasteiger partial charge in [-0.15, -0.1) is 0 Å². The Balaban J connectivity index is 2.16. The summed E-state index contributed by atoms with van der Waals surface area (Å²) in [4.78, 5) is 4.07. The number of aryl methyl sites for hydroxylation is 2. The summed E-state index contributed by atoms with van der Waals surface area (Å²) in [5.74, 6) is 0.636. The minimum atomic E-state index is -0.373. The Morgan fingerprint density at radius 1 is 1.37 bits per heavy atom. The van der Waals surface area contributed by atoms with Crippen LogP contribution in [-0.4, -0.2) is 14.7 Å². The molecular weight excluding hydrogens is 247 g/mol. The fourth-order valence-corrected chi connectivity index (χ4v) is 2.18. The topological polar surface area (TPSA) is 69.9 Å². The molecule has 0 spiro atoms. The van der Waals surface area contributed by atoms with Gasteiger partial charge in [0, 0.05) is 5.56 Å². The number of nitrogens with two attached hydrogens (primary N) is 1. The van der Waals surface area contributed by atoms with Crippen LogP contribution in [0.4, 0.5) is 10.3 Å². The van der Waals surface area contributed by atoms with Gasteiger partial charge >= 0.3 is 0 Å². The molecule has 2 N–H and O–H groups in total. The van der Waals surface area contributed by atoms with Crippen LogP contribution < -0.4 is 5.73 Å². The first-order valence-electron chi connectivity index (χ1n) is 5.90. The lowest BCUT2D eigenvalue weighted by molar-refractivity contribution is 0.392. The predicted octanol–water partition coefficient (Wildman–Crippen LogP) is 2.41. The molecule has 0 unspecified atom stereocenters. The fraction of sp³-hybridized carbons (Fsp3) is 0.231. The summed E-state index contributed by atoms with van der Waals surface area (Å²) in [6.07, 6.45) is 0. The third kappa shape index (κ3) is 1.76. The molecule has 0 fully saturated rings. The van der Waals surface area contributed by atoms with Crippen molar-refractivity contribution >= 4 is 17.0 Å². The molecule has 0 amide bonds. The van der Waals surface area contributed by atoms with Gasteiger partial charge in [-0.2, -0.15) is 0 Å². The number of aromatic nitrogens is 3. The van der Waals surface area contributed by atoms with Crippen molar-refractivity contribution in [3.8, 4) is 0 Å². The van der Waals surface area contributed by atoms with E-state index >= 15 is 0 Å². The molecule has 19 heavy (non-hydrogen) atoms. The third-order valence-electron chi connectivity index (χ3n) is 3.26. The summed E-state index contributed by atoms with van der Waals surface area (Å²) < 4.78 is 20.5. The normalized spacial score (nSPS) is 11.3. The van der Waals surface area contributed by atoms with Crippen LogP contribution in [0.25, 0.3) is 11.0 Å². The first kappa shape index (κ1) is 11.7. The average molecular weight is 260 g/mol. The van der Waals surface area contributed by atoms with Gasteiger partial charge in [0.1, 0.15) is 11.3 Å². The van der Waals surface area contributed by atoms with Gasteiger partial charge in [-0.1, -0.05) is 11.2 Å². The van der Waals surface area contributed by atoms with Crippen molar-refractivity contribution in [3.63, 3.8) is 0 Å². The van der Waals surface area contributed by atoms with Gasteiger partial charge in [0.2, 0.25) is 5.95 Å². The number of rotatable bonds is 2. The Kier molecular flexibility index (Phi) is 2.51. The summed E-state index contributed by atoms with van der Waals surface area (Å²) in [5, 5.41) is 3.90. The Hall–Kier alpha value is -2.37. The second-order valence-corrected chi connectivity index (χ2v) is 4.47. The molecule has 5 nitrogen and oxygen atoms in total. The maximum absolute atomic E-state index is 13.7. The van der Waals surface area contributed by atoms with Gasteiger partial charge in [0.05, 0.1) is 17.8 Å². The van der Waals surface area contributed by atoms with E-state index in [-0.39, 0.29) is 17.3 Å². The quantitative estimate of drug-likeness (QED) is 0.768. The number of hydrogen-bond acceptors (Lipinski definition) is 4. The molecule has 6 heteroatoms. The summed E-state index contributed by atoms with van der Waals surface area (Å²) in [6.45, 7) is 4.17. The van der Waals surface area contributed by atoms with E-state index in [2.05, 4.69) is 10.1 Å². The average Bonchev–Trinajstić information content (AvgIpc) is 2.86. The Morgan fingerprint density at radius 2 is 2.16 bits per heavy atom. The molecule has 0 aliphatic heterocycles. The minimum absolute atomic E-state index is 0.278. The van der Waals surface area contributed by atoms with E-state index in [1.807, 2.05) is 13.8 Å². The lowest BCUT2D eigenvalue weighted by atomic mass is 10.2. The second-order valence-electron chi connectivity index (χ2n) is 4.47. The zero-order valence-electron chi connectivity index (χ0n) is 10.6. The third-order valence-corrected chi connectivity index (χ3v) is 3.26. The number of anilines is 1. The predicted molar refractivity (Wildman–Crippen MR) is 69.2 cm³/mol. The molecule has 2 heterocycles. The van der Waals surface area contributed by atoms with E-state index in [1.54, 1.807) is 16.7 Å². The molecule has 3 rings (SSSR count). The van der Waals surface area contributed by atoms with Crippen LogP contribution in [0, 0.1) is 19.7 Å². The van der Waals surface area contributed by atoms with E-state index in [0.717, 1.165) is 17.0 Å². The maximum Gasteiger partial charge on any atom is 0.201 e. The van der Waals surface area contributed by atoms with Gasteiger partial charge in [0.15, 0.2) is 5.82 Å². The highest BCUT2D eigenvalue weighted by Gasteiger charge is 2.15. The zero-order chi connectivity index (χ0) is 13.6. The number of para-hydroxylation sites is 1. The van der Waals surface area contributed by atoms with Gasteiger partial charge in [-0.3, -0.25) is 0 Å². The largest absolute Gasteiger partial charge is 0.369 e. The van der Waals surface area contributed by atoms with Crippen LogP contribution in [0.5, 0.6) is 0 Å². The molecule has 1 aromatic carbocycles. The first-order chi connectivity index (χ1) is 9.08. The fourth-order valence-electron chi connectivity index (χ4n) is 2.18. The molecular formula is C13H13FN4O. The van der Waals surface area contributed by atoms with Crippen LogP contribution in [0.3, 0.4) is 0 Å². The highest BCUT2D eigenvalue weighted by Crippen LogP contribution is 2.23. The number of halogens is 1. The molecule has 0 atom stereocenters. The second kappa shape index (κ2) is 4.08. The van der Waals surface area contributed by atoms with Crippen molar-refractivity contribution in [2.24, 2.45) is 0 Å². The monoisotopic (exact) mass is 260 g/mol. The van der Waals surface area contributed by atoms with Gasteiger partial charge in [-0.25, -0.2) is 9.37 Å². The summed E-state index contributed by atoms with van der Waals surface area (Å²) in [7, 11) is 0. The van der Waals surface area contributed by atoms with Crippen molar-refractivity contribution in [2.75, 3.05) is 5.73 Å². The first-order valence-corrected chi connectivity index (χ1v) is 5.90. The van der Waals surface area contributed by atoms with Crippen molar-refractivity contribution in [1.82, 2.24) is 14.7 Å². The SMILES string of the molecule is Cc1noc(C)c1Cn1c(N)nc2c(F)cccc21. The molecule has 0 aliphatic carbocycles. The molecule has 0 radical (unpaired) electrons. The summed E-state index contributed by atoms with van der Waals surface area (Å²) >= 11 is 0. The van der Waals surface area contributed by atoms with Crippen molar-refractivity contribution in [3.05, 3.63) is 41.0 Å². The van der Waals surface area contributed by atoms with Crippen molar-refractivity contribution in [1.29, 1.82) is 0 Å². The molecule has 98 valence electrons. The minimum Gasteiger partial charge on any atom is -0.369 e. The van der Waals surface area contributed by atoms with E-state index in [1.165, 1.54) is 6.07 Å². The number of imidazole rings is 1. The molecule has 0 saturated carbocycles. The summed E-state index contributed by atoms with van der Waals surface area (Å²) in [5.41, 5.74) is 8.56. The van der Waals surface area contributed by atoms with E-state index in [0.29, 0.717) is 12.1 Å². The zero-order valence-corrected chi connectivity index (χ0v) is 10.6. The molecule has 0 aliphatic rings. The van der Waals surface area contributed by atoms with E-state index in [9.17, 15) is 4.39 Å². The van der Waals surface area contributed by atoms with Crippen LogP contribution in [0.1, 0.15) is 17.0 Å². The van der Waals surface area contributed by atoms with Gasteiger partial charge in [-0.05, 0) is 26.0 Å². The number of hydrogen-bond donors (Lipinski definition) is 1. The maximum atomic E-state index is 13.7. The van der Waals surface area contributed by atoms with E-state index < -0.39 is 0 Å². The van der Waals surface area contributed by atoms with Crippen LogP contribution in [0.2, 0.25) is 0 Å². The molecule has 0 saturated heterocycles. The molecule has 2 aromatic heterocycles. The van der Waals surface area contributed by atoms with Gasteiger partial charge in [0.25, 0.3) is 0 Å². The lowest BCUT2D eigenvalue weighted by Crippen LogP contribution is -2.05. The molecule has 3 aromatic rings. The standard InChI is InChI=1S/C13H13FN4O/c1-7-9(8(2)19-17-7)6-18-11-5-3-4-10(14)12(11)16-13(18)15/h3-5H,6H2,1-2H3,(H2,15,16). The Bertz CT molecular complexity index is 740. The highest BCUT2D eigenvalue weighted by molar-refractivity contribution is 5.79. The van der Waals surface area contributed by atoms with Crippen molar-refractivity contribution in [2.45, 2.75) is 20.4 Å². The Labute approximate surface area is 108 Å². The van der Waals surface area contributed by atoms with Crippen molar-refractivity contribution < 1.29 is 8.91 Å². The van der Waals surface area contributed by atoms with Crippen LogP contribution >= 0.6 is 0 Å². The van der Waals surface area contributed by atoms with Crippen LogP contribution in [0.15, 0.2) is 22.7 Å². The Morgan fingerprint density at radius 3 is 2.84 bits per heavy atom. The molecule has 0 bridgehead atoms. The number of benzene rings is 1. The lowest BCUT2D eigenvalue weighted by Gasteiger charge is -2.05. The smallest absolute Gasteiger partial charge is 0.201 e. The number of nitrogens with zero attached hydrogens (tertiary/aromatic N) is 3. The number of nitrogen functional groups attached to an aromatic ring is 1. The van der Waals surface area contributed by atoms with Crippen LogP contribution in [-0.2, 0) is 6.54 Å². The number of fused-ring (bicyclic) bond motifs is 1. The van der Waals surface area contributed by atoms with Gasteiger partial charge < -0.3 is 14.8 Å².